The monoisotopic (exact) mass is 156 g/mol. The lowest BCUT2D eigenvalue weighted by Gasteiger charge is -2.32. The highest BCUT2D eigenvalue weighted by Gasteiger charge is 2.53. The molecule has 0 aromatic rings. The van der Waals surface area contributed by atoms with E-state index >= 15 is 0 Å². The largest absolute Gasteiger partial charge is 0.390 e. The van der Waals surface area contributed by atoms with E-state index in [9.17, 15) is 10.2 Å². The minimum Gasteiger partial charge on any atom is -0.390 e. The first-order chi connectivity index (χ1) is 5.13. The van der Waals surface area contributed by atoms with Crippen molar-refractivity contribution in [2.75, 3.05) is 0 Å². The molecule has 0 radical (unpaired) electrons. The van der Waals surface area contributed by atoms with Gasteiger partial charge in [-0.25, -0.2) is 0 Å². The molecule has 6 atom stereocenters. The third-order valence-electron chi connectivity index (χ3n) is 3.95. The van der Waals surface area contributed by atoms with Crippen molar-refractivity contribution >= 4 is 0 Å². The molecular weight excluding hydrogens is 140 g/mol. The number of rotatable bonds is 0. The van der Waals surface area contributed by atoms with Gasteiger partial charge in [0.1, 0.15) is 0 Å². The second-order valence-electron chi connectivity index (χ2n) is 4.26. The summed E-state index contributed by atoms with van der Waals surface area (Å²) in [5.74, 6) is 1.92. The van der Waals surface area contributed by atoms with Crippen molar-refractivity contribution in [3.05, 3.63) is 0 Å². The number of hydrogen-bond donors (Lipinski definition) is 2. The smallest absolute Gasteiger partial charge is 0.0832 e. The Balaban J connectivity index is 2.21. The van der Waals surface area contributed by atoms with E-state index in [0.29, 0.717) is 23.7 Å². The van der Waals surface area contributed by atoms with Gasteiger partial charge in [0.2, 0.25) is 0 Å². The predicted molar refractivity (Wildman–Crippen MR) is 41.9 cm³/mol. The maximum Gasteiger partial charge on any atom is 0.0832 e. The Morgan fingerprint density at radius 3 is 1.55 bits per heavy atom. The van der Waals surface area contributed by atoms with Crippen LogP contribution in [0.15, 0.2) is 0 Å². The van der Waals surface area contributed by atoms with Crippen molar-refractivity contribution in [1.82, 2.24) is 0 Å². The van der Waals surface area contributed by atoms with Crippen LogP contribution in [0.5, 0.6) is 0 Å². The zero-order valence-corrected chi connectivity index (χ0v) is 7.07. The average molecular weight is 156 g/mol. The van der Waals surface area contributed by atoms with Crippen LogP contribution in [-0.2, 0) is 0 Å². The van der Waals surface area contributed by atoms with Gasteiger partial charge >= 0.3 is 0 Å². The van der Waals surface area contributed by atoms with Gasteiger partial charge in [-0.05, 0) is 30.1 Å². The van der Waals surface area contributed by atoms with E-state index in [1.54, 1.807) is 0 Å². The molecule has 2 rings (SSSR count). The van der Waals surface area contributed by atoms with Crippen molar-refractivity contribution in [1.29, 1.82) is 0 Å². The van der Waals surface area contributed by atoms with Gasteiger partial charge in [0.05, 0.1) is 12.2 Å². The molecule has 0 aromatic carbocycles. The highest BCUT2D eigenvalue weighted by molar-refractivity contribution is 5.03. The molecule has 0 aromatic heterocycles. The molecule has 2 aliphatic rings. The SMILES string of the molecule is C[C@@H]1[C@H](C)[C@@H]2C[C@H]1[C@@H](O)[C@H]2O. The summed E-state index contributed by atoms with van der Waals surface area (Å²) in [6, 6.07) is 0. The summed E-state index contributed by atoms with van der Waals surface area (Å²) in [5, 5.41) is 19.1. The molecule has 2 heteroatoms. The first kappa shape index (κ1) is 7.56. The third-order valence-corrected chi connectivity index (χ3v) is 3.95. The molecule has 64 valence electrons. The first-order valence-corrected chi connectivity index (χ1v) is 4.49. The van der Waals surface area contributed by atoms with Gasteiger partial charge in [0.25, 0.3) is 0 Å². The zero-order valence-electron chi connectivity index (χ0n) is 7.07. The van der Waals surface area contributed by atoms with Crippen LogP contribution in [0.25, 0.3) is 0 Å². The fraction of sp³-hybridized carbons (Fsp3) is 1.00. The van der Waals surface area contributed by atoms with Gasteiger partial charge in [0.15, 0.2) is 0 Å². The molecule has 2 N–H and O–H groups in total. The molecule has 2 nitrogen and oxygen atoms in total. The molecule has 2 saturated carbocycles. The number of fused-ring (bicyclic) bond motifs is 2. The van der Waals surface area contributed by atoms with Gasteiger partial charge in [-0.1, -0.05) is 13.8 Å². The zero-order chi connectivity index (χ0) is 8.17. The van der Waals surface area contributed by atoms with Gasteiger partial charge in [-0.15, -0.1) is 0 Å². The molecule has 0 spiro atoms. The molecule has 2 bridgehead atoms. The van der Waals surface area contributed by atoms with Crippen LogP contribution in [0.1, 0.15) is 20.3 Å². The predicted octanol–water partition coefficient (Wildman–Crippen LogP) is 0.630. The molecule has 0 amide bonds. The van der Waals surface area contributed by atoms with Gasteiger partial charge < -0.3 is 10.2 Å². The van der Waals surface area contributed by atoms with Gasteiger partial charge in [-0.3, -0.25) is 0 Å². The Kier molecular flexibility index (Phi) is 1.52. The lowest BCUT2D eigenvalue weighted by Crippen LogP contribution is -2.39. The van der Waals surface area contributed by atoms with E-state index in [1.165, 1.54) is 0 Å². The summed E-state index contributed by atoms with van der Waals surface area (Å²) < 4.78 is 0. The molecular formula is C9H16O2. The molecule has 0 heterocycles. The molecule has 0 unspecified atom stereocenters. The van der Waals surface area contributed by atoms with Crippen molar-refractivity contribution in [2.45, 2.75) is 32.5 Å². The maximum absolute atomic E-state index is 9.53. The van der Waals surface area contributed by atoms with E-state index in [2.05, 4.69) is 13.8 Å². The van der Waals surface area contributed by atoms with Crippen LogP contribution >= 0.6 is 0 Å². The van der Waals surface area contributed by atoms with Crippen molar-refractivity contribution in [3.8, 4) is 0 Å². The van der Waals surface area contributed by atoms with E-state index in [1.807, 2.05) is 0 Å². The lowest BCUT2D eigenvalue weighted by atomic mass is 9.79. The summed E-state index contributed by atoms with van der Waals surface area (Å²) in [6.45, 7) is 4.37. The van der Waals surface area contributed by atoms with Crippen LogP contribution in [-0.4, -0.2) is 22.4 Å². The normalized spacial score (nSPS) is 62.2. The maximum atomic E-state index is 9.53. The summed E-state index contributed by atoms with van der Waals surface area (Å²) >= 11 is 0. The fourth-order valence-corrected chi connectivity index (χ4v) is 2.93. The fourth-order valence-electron chi connectivity index (χ4n) is 2.93. The van der Waals surface area contributed by atoms with Crippen LogP contribution in [0, 0.1) is 23.7 Å². The van der Waals surface area contributed by atoms with Crippen LogP contribution in [0.2, 0.25) is 0 Å². The summed E-state index contributed by atoms with van der Waals surface area (Å²) in [5.41, 5.74) is 0. The van der Waals surface area contributed by atoms with Crippen molar-refractivity contribution in [3.63, 3.8) is 0 Å². The second kappa shape index (κ2) is 2.20. The highest BCUT2D eigenvalue weighted by Crippen LogP contribution is 2.51. The average Bonchev–Trinajstić information content (AvgIpc) is 2.40. The number of aliphatic hydroxyl groups excluding tert-OH is 2. The summed E-state index contributed by atoms with van der Waals surface area (Å²) in [6.07, 6.45) is 0.155. The van der Waals surface area contributed by atoms with E-state index in [-0.39, 0.29) is 0 Å². The topological polar surface area (TPSA) is 40.5 Å². The van der Waals surface area contributed by atoms with Crippen molar-refractivity contribution in [2.24, 2.45) is 23.7 Å². The van der Waals surface area contributed by atoms with Crippen LogP contribution < -0.4 is 0 Å². The Labute approximate surface area is 67.2 Å². The molecule has 11 heavy (non-hydrogen) atoms. The summed E-state index contributed by atoms with van der Waals surface area (Å²) in [4.78, 5) is 0. The van der Waals surface area contributed by atoms with Crippen LogP contribution in [0.4, 0.5) is 0 Å². The van der Waals surface area contributed by atoms with Gasteiger partial charge in [-0.2, -0.15) is 0 Å². The lowest BCUT2D eigenvalue weighted by molar-refractivity contribution is -0.0497. The van der Waals surface area contributed by atoms with E-state index in [0.717, 1.165) is 6.42 Å². The Bertz CT molecular complexity index is 135. The minimum absolute atomic E-state index is 0.366. The van der Waals surface area contributed by atoms with E-state index in [4.69, 9.17) is 0 Å². The standard InChI is InChI=1S/C9H16O2/c1-4-5(2)7-3-6(4)8(10)9(7)11/h4-11H,3H2,1-2H3/t4-,5+,6-,7+,8-,9+. The van der Waals surface area contributed by atoms with Crippen molar-refractivity contribution < 1.29 is 10.2 Å². The molecule has 0 aliphatic heterocycles. The quantitative estimate of drug-likeness (QED) is 0.540. The number of hydrogen-bond acceptors (Lipinski definition) is 2. The molecule has 2 fully saturated rings. The first-order valence-electron chi connectivity index (χ1n) is 4.49. The molecule has 2 aliphatic carbocycles. The highest BCUT2D eigenvalue weighted by atomic mass is 16.3. The Morgan fingerprint density at radius 2 is 1.27 bits per heavy atom. The number of aliphatic hydroxyl groups is 2. The third kappa shape index (κ3) is 0.798. The van der Waals surface area contributed by atoms with Crippen LogP contribution in [0.3, 0.4) is 0 Å². The Morgan fingerprint density at radius 1 is 0.909 bits per heavy atom. The van der Waals surface area contributed by atoms with Gasteiger partial charge in [0, 0.05) is 0 Å². The minimum atomic E-state index is -0.439. The van der Waals surface area contributed by atoms with E-state index < -0.39 is 12.2 Å². The second-order valence-corrected chi connectivity index (χ2v) is 4.26. The Hall–Kier alpha value is -0.0800. The summed E-state index contributed by atoms with van der Waals surface area (Å²) in [7, 11) is 0. The molecule has 0 saturated heterocycles.